The summed E-state index contributed by atoms with van der Waals surface area (Å²) in [6, 6.07) is 5.49. The third-order valence-corrected chi connectivity index (χ3v) is 4.08. The van der Waals surface area contributed by atoms with Crippen molar-refractivity contribution in [3.63, 3.8) is 0 Å². The van der Waals surface area contributed by atoms with Crippen LogP contribution in [0.4, 0.5) is 4.39 Å². The van der Waals surface area contributed by atoms with Gasteiger partial charge in [-0.3, -0.25) is 9.59 Å². The molecule has 1 saturated heterocycles. The highest BCUT2D eigenvalue weighted by molar-refractivity contribution is 5.92. The molecule has 2 aromatic rings. The number of benzene rings is 1. The van der Waals surface area contributed by atoms with Crippen LogP contribution in [0.15, 0.2) is 36.8 Å². The van der Waals surface area contributed by atoms with Crippen molar-refractivity contribution in [3.8, 4) is 5.75 Å². The Morgan fingerprint density at radius 1 is 1.38 bits per heavy atom. The monoisotopic (exact) mass is 362 g/mol. The molecule has 2 heterocycles. The minimum atomic E-state index is -1.08. The first-order valence-corrected chi connectivity index (χ1v) is 8.06. The van der Waals surface area contributed by atoms with Gasteiger partial charge in [0.25, 0.3) is 5.91 Å². The van der Waals surface area contributed by atoms with Crippen LogP contribution in [0.5, 0.6) is 5.75 Å². The second kappa shape index (κ2) is 7.52. The first-order chi connectivity index (χ1) is 12.5. The number of imidazole rings is 1. The maximum absolute atomic E-state index is 13.0. The van der Waals surface area contributed by atoms with Crippen molar-refractivity contribution in [2.75, 3.05) is 26.3 Å². The van der Waals surface area contributed by atoms with Gasteiger partial charge in [-0.25, -0.2) is 9.37 Å². The molecule has 1 aromatic heterocycles. The average molecular weight is 362 g/mol. The lowest BCUT2D eigenvalue weighted by Gasteiger charge is -2.41. The van der Waals surface area contributed by atoms with Gasteiger partial charge in [-0.2, -0.15) is 0 Å². The van der Waals surface area contributed by atoms with Crippen LogP contribution in [-0.4, -0.2) is 58.6 Å². The van der Waals surface area contributed by atoms with Crippen LogP contribution in [0.2, 0.25) is 0 Å². The molecule has 0 saturated carbocycles. The summed E-state index contributed by atoms with van der Waals surface area (Å²) in [5, 5.41) is 0. The molecule has 8 nitrogen and oxygen atoms in total. The van der Waals surface area contributed by atoms with Gasteiger partial charge in [0.05, 0.1) is 32.1 Å². The molecule has 9 heteroatoms. The third kappa shape index (κ3) is 4.17. The van der Waals surface area contributed by atoms with E-state index in [4.69, 9.17) is 15.2 Å². The summed E-state index contributed by atoms with van der Waals surface area (Å²) < 4.78 is 24.5. The van der Waals surface area contributed by atoms with Gasteiger partial charge in [0.2, 0.25) is 5.91 Å². The third-order valence-electron chi connectivity index (χ3n) is 4.08. The van der Waals surface area contributed by atoms with Gasteiger partial charge in [-0.1, -0.05) is 0 Å². The molecule has 0 aliphatic carbocycles. The Balaban J connectivity index is 1.74. The van der Waals surface area contributed by atoms with E-state index in [-0.39, 0.29) is 37.9 Å². The normalized spacial score (nSPS) is 20.0. The maximum atomic E-state index is 13.0. The Hall–Kier alpha value is -2.94. The summed E-state index contributed by atoms with van der Waals surface area (Å²) >= 11 is 0. The van der Waals surface area contributed by atoms with Gasteiger partial charge >= 0.3 is 0 Å². The predicted octanol–water partition coefficient (Wildman–Crippen LogP) is 0.714. The highest BCUT2D eigenvalue weighted by Crippen LogP contribution is 2.25. The first-order valence-electron chi connectivity index (χ1n) is 8.06. The van der Waals surface area contributed by atoms with Crippen LogP contribution in [0.1, 0.15) is 16.9 Å². The highest BCUT2D eigenvalue weighted by atomic mass is 19.1. The van der Waals surface area contributed by atoms with Gasteiger partial charge in [-0.05, 0) is 24.3 Å². The van der Waals surface area contributed by atoms with Crippen molar-refractivity contribution >= 4 is 11.8 Å². The van der Waals surface area contributed by atoms with Crippen molar-refractivity contribution < 1.29 is 23.5 Å². The molecular weight excluding hydrogens is 343 g/mol. The fourth-order valence-electron chi connectivity index (χ4n) is 2.87. The quantitative estimate of drug-likeness (QED) is 0.786. The lowest BCUT2D eigenvalue weighted by atomic mass is 9.97. The minimum Gasteiger partial charge on any atom is -0.490 e. The van der Waals surface area contributed by atoms with E-state index in [9.17, 15) is 14.0 Å². The maximum Gasteiger partial charge on any atom is 0.272 e. The second-order valence-electron chi connectivity index (χ2n) is 6.11. The Bertz CT molecular complexity index is 766. The lowest BCUT2D eigenvalue weighted by Crippen LogP contribution is -2.58. The number of carbonyl (C=O) groups is 2. The number of halogens is 1. The predicted molar refractivity (Wildman–Crippen MR) is 88.9 cm³/mol. The Morgan fingerprint density at radius 3 is 2.81 bits per heavy atom. The summed E-state index contributed by atoms with van der Waals surface area (Å²) in [5.74, 6) is -0.768. The summed E-state index contributed by atoms with van der Waals surface area (Å²) in [4.78, 5) is 32.3. The van der Waals surface area contributed by atoms with E-state index in [1.807, 2.05) is 0 Å². The zero-order chi connectivity index (χ0) is 18.6. The molecular formula is C17H19FN4O4. The number of morpholine rings is 1. The number of nitrogens with one attached hydrogen (secondary N) is 1. The molecule has 3 rings (SSSR count). The van der Waals surface area contributed by atoms with Crippen LogP contribution in [0, 0.1) is 5.82 Å². The van der Waals surface area contributed by atoms with E-state index < -0.39 is 11.5 Å². The van der Waals surface area contributed by atoms with Crippen molar-refractivity contribution in [2.45, 2.75) is 12.0 Å². The van der Waals surface area contributed by atoms with Gasteiger partial charge in [-0.15, -0.1) is 0 Å². The summed E-state index contributed by atoms with van der Waals surface area (Å²) in [5.41, 5.74) is 4.64. The molecule has 1 fully saturated rings. The van der Waals surface area contributed by atoms with E-state index in [0.717, 1.165) is 0 Å². The van der Waals surface area contributed by atoms with Crippen molar-refractivity contribution in [2.24, 2.45) is 5.73 Å². The number of nitrogens with two attached hydrogens (primary N) is 1. The van der Waals surface area contributed by atoms with E-state index in [1.54, 1.807) is 4.90 Å². The molecule has 1 aliphatic heterocycles. The zero-order valence-electron chi connectivity index (χ0n) is 14.0. The van der Waals surface area contributed by atoms with Crippen LogP contribution < -0.4 is 10.5 Å². The van der Waals surface area contributed by atoms with Crippen LogP contribution in [0.3, 0.4) is 0 Å². The number of H-pyrrole nitrogens is 1. The van der Waals surface area contributed by atoms with E-state index in [1.165, 1.54) is 36.8 Å². The molecule has 3 N–H and O–H groups in total. The fourth-order valence-corrected chi connectivity index (χ4v) is 2.87. The molecule has 1 unspecified atom stereocenters. The van der Waals surface area contributed by atoms with Crippen molar-refractivity contribution in [3.05, 3.63) is 48.3 Å². The largest absolute Gasteiger partial charge is 0.490 e. The number of aromatic amines is 1. The number of aromatic nitrogens is 2. The Morgan fingerprint density at radius 2 is 2.15 bits per heavy atom. The number of primary amides is 1. The highest BCUT2D eigenvalue weighted by Gasteiger charge is 2.41. The minimum absolute atomic E-state index is 0.00563. The smallest absolute Gasteiger partial charge is 0.272 e. The average Bonchev–Trinajstić information content (AvgIpc) is 3.15. The number of nitrogens with zero attached hydrogens (tertiary/aromatic N) is 2. The molecule has 0 bridgehead atoms. The molecule has 1 aliphatic rings. The Kier molecular flexibility index (Phi) is 5.17. The topological polar surface area (TPSA) is 111 Å². The summed E-state index contributed by atoms with van der Waals surface area (Å²) in [6.45, 7) is 0.734. The summed E-state index contributed by atoms with van der Waals surface area (Å²) in [6.07, 6.45) is 2.74. The Labute approximate surface area is 149 Å². The molecule has 1 aromatic carbocycles. The lowest BCUT2D eigenvalue weighted by molar-refractivity contribution is -0.142. The molecule has 138 valence electrons. The standard InChI is InChI=1S/C17H19FN4O4/c18-12-1-3-13(4-2-12)25-10-17(7-15(19)23)9-22(5-6-26-17)16(24)14-8-20-11-21-14/h1-4,8,11H,5-7,9-10H2,(H2,19,23)(H,20,21). The number of rotatable bonds is 6. The van der Waals surface area contributed by atoms with Gasteiger partial charge < -0.3 is 25.1 Å². The fraction of sp³-hybridized carbons (Fsp3) is 0.353. The summed E-state index contributed by atoms with van der Waals surface area (Å²) in [7, 11) is 0. The molecule has 26 heavy (non-hydrogen) atoms. The van der Waals surface area contributed by atoms with Gasteiger partial charge in [0.15, 0.2) is 0 Å². The van der Waals surface area contributed by atoms with E-state index in [2.05, 4.69) is 9.97 Å². The number of hydrogen-bond donors (Lipinski definition) is 2. The van der Waals surface area contributed by atoms with Gasteiger partial charge in [0.1, 0.15) is 29.5 Å². The first kappa shape index (κ1) is 17.9. The van der Waals surface area contributed by atoms with Crippen LogP contribution in [0.25, 0.3) is 0 Å². The van der Waals surface area contributed by atoms with E-state index >= 15 is 0 Å². The number of amides is 2. The number of carbonyl (C=O) groups excluding carboxylic acids is 2. The van der Waals surface area contributed by atoms with Gasteiger partial charge in [0, 0.05) is 6.54 Å². The number of ether oxygens (including phenoxy) is 2. The van der Waals surface area contributed by atoms with Crippen molar-refractivity contribution in [1.29, 1.82) is 0 Å². The van der Waals surface area contributed by atoms with Crippen LogP contribution >= 0.6 is 0 Å². The number of hydrogen-bond acceptors (Lipinski definition) is 5. The molecule has 0 spiro atoms. The molecule has 1 atom stereocenters. The van der Waals surface area contributed by atoms with E-state index in [0.29, 0.717) is 18.0 Å². The zero-order valence-corrected chi connectivity index (χ0v) is 14.0. The van der Waals surface area contributed by atoms with Crippen LogP contribution in [-0.2, 0) is 9.53 Å². The molecule has 0 radical (unpaired) electrons. The molecule has 2 amide bonds. The second-order valence-corrected chi connectivity index (χ2v) is 6.11. The van der Waals surface area contributed by atoms with Crippen molar-refractivity contribution in [1.82, 2.24) is 14.9 Å². The SMILES string of the molecule is NC(=O)CC1(COc2ccc(F)cc2)CN(C(=O)c2cnc[nH]2)CCO1.